The highest BCUT2D eigenvalue weighted by atomic mass is 35.5. The van der Waals surface area contributed by atoms with Crippen LogP contribution in [0.3, 0.4) is 0 Å². The number of rotatable bonds is 4. The summed E-state index contributed by atoms with van der Waals surface area (Å²) in [4.78, 5) is 16.7. The van der Waals surface area contributed by atoms with Crippen molar-refractivity contribution in [2.24, 2.45) is 5.92 Å². The fourth-order valence-corrected chi connectivity index (χ4v) is 2.49. The molecule has 0 aliphatic carbocycles. The van der Waals surface area contributed by atoms with E-state index in [1.165, 1.54) is 0 Å². The number of anilines is 2. The average molecular weight is 286 g/mol. The Morgan fingerprint density at radius 1 is 1.37 bits per heavy atom. The second-order valence-electron chi connectivity index (χ2n) is 5.07. The first kappa shape index (κ1) is 14.3. The Bertz CT molecular complexity index is 427. The van der Waals surface area contributed by atoms with Gasteiger partial charge in [0.2, 0.25) is 17.2 Å². The summed E-state index contributed by atoms with van der Waals surface area (Å²) >= 11 is 5.96. The van der Waals surface area contributed by atoms with Crippen LogP contribution in [0.25, 0.3) is 0 Å². The third kappa shape index (κ3) is 3.67. The molecule has 1 N–H and O–H groups in total. The first-order valence-electron chi connectivity index (χ1n) is 6.55. The van der Waals surface area contributed by atoms with Crippen LogP contribution in [0.5, 0.6) is 0 Å². The molecule has 0 spiro atoms. The number of aliphatic hydroxyl groups is 1. The number of aliphatic hydroxyl groups excluding tert-OH is 1. The zero-order valence-electron chi connectivity index (χ0n) is 11.4. The number of halogens is 1. The Hall–Kier alpha value is -1.14. The standard InChI is InChI=1S/C12H20ClN5O/c1-17(2)11-14-10(13)15-12(16-11)18-6-3-4-9(8-18)5-7-19/h9,19H,3-8H2,1-2H3. The molecule has 1 atom stereocenters. The largest absolute Gasteiger partial charge is 0.396 e. The van der Waals surface area contributed by atoms with Gasteiger partial charge in [0.05, 0.1) is 0 Å². The van der Waals surface area contributed by atoms with E-state index in [0.717, 1.165) is 32.4 Å². The predicted octanol–water partition coefficient (Wildman–Crippen LogP) is 1.19. The molecule has 0 bridgehead atoms. The fraction of sp³-hybridized carbons (Fsp3) is 0.750. The highest BCUT2D eigenvalue weighted by Crippen LogP contribution is 2.24. The van der Waals surface area contributed by atoms with Gasteiger partial charge in [-0.3, -0.25) is 0 Å². The van der Waals surface area contributed by atoms with Crippen LogP contribution in [0.2, 0.25) is 5.28 Å². The molecule has 2 heterocycles. The molecule has 1 saturated heterocycles. The van der Waals surface area contributed by atoms with Gasteiger partial charge in [-0.15, -0.1) is 0 Å². The summed E-state index contributed by atoms with van der Waals surface area (Å²) in [5, 5.41) is 9.27. The Labute approximate surface area is 118 Å². The summed E-state index contributed by atoms with van der Waals surface area (Å²) in [6.45, 7) is 2.03. The minimum absolute atomic E-state index is 0.220. The maximum atomic E-state index is 9.05. The summed E-state index contributed by atoms with van der Waals surface area (Å²) in [6.07, 6.45) is 3.07. The molecule has 7 heteroatoms. The van der Waals surface area contributed by atoms with E-state index in [2.05, 4.69) is 19.9 Å². The molecule has 0 saturated carbocycles. The third-order valence-corrected chi connectivity index (χ3v) is 3.49. The minimum atomic E-state index is 0.220. The molecule has 0 radical (unpaired) electrons. The third-order valence-electron chi connectivity index (χ3n) is 3.32. The molecule has 0 aromatic carbocycles. The molecule has 19 heavy (non-hydrogen) atoms. The van der Waals surface area contributed by atoms with Crippen molar-refractivity contribution in [3.8, 4) is 0 Å². The average Bonchev–Trinajstić information content (AvgIpc) is 2.38. The van der Waals surface area contributed by atoms with Crippen LogP contribution in [0.4, 0.5) is 11.9 Å². The van der Waals surface area contributed by atoms with Gasteiger partial charge < -0.3 is 14.9 Å². The van der Waals surface area contributed by atoms with Crippen LogP contribution in [0.15, 0.2) is 0 Å². The molecule has 2 rings (SSSR count). The lowest BCUT2D eigenvalue weighted by atomic mass is 9.95. The maximum absolute atomic E-state index is 9.05. The van der Waals surface area contributed by atoms with Crippen molar-refractivity contribution in [2.75, 3.05) is 43.6 Å². The van der Waals surface area contributed by atoms with Gasteiger partial charge in [0.25, 0.3) is 0 Å². The number of nitrogens with zero attached hydrogens (tertiary/aromatic N) is 5. The van der Waals surface area contributed by atoms with E-state index in [-0.39, 0.29) is 11.9 Å². The topological polar surface area (TPSA) is 65.4 Å². The molecule has 0 amide bonds. The van der Waals surface area contributed by atoms with Crippen LogP contribution in [0, 0.1) is 5.92 Å². The number of hydrogen-bond donors (Lipinski definition) is 1. The van der Waals surface area contributed by atoms with Gasteiger partial charge in [-0.2, -0.15) is 15.0 Å². The fourth-order valence-electron chi connectivity index (χ4n) is 2.34. The summed E-state index contributed by atoms with van der Waals surface area (Å²) in [5.74, 6) is 1.70. The Kier molecular flexibility index (Phi) is 4.76. The van der Waals surface area contributed by atoms with Gasteiger partial charge in [0.15, 0.2) is 0 Å². The van der Waals surface area contributed by atoms with Gasteiger partial charge in [-0.05, 0) is 36.8 Å². The molecule has 1 aliphatic heterocycles. The van der Waals surface area contributed by atoms with E-state index >= 15 is 0 Å². The zero-order chi connectivity index (χ0) is 13.8. The van der Waals surface area contributed by atoms with Crippen molar-refractivity contribution in [2.45, 2.75) is 19.3 Å². The molecule has 106 valence electrons. The van der Waals surface area contributed by atoms with Crippen molar-refractivity contribution in [1.29, 1.82) is 0 Å². The summed E-state index contributed by atoms with van der Waals surface area (Å²) in [7, 11) is 3.75. The highest BCUT2D eigenvalue weighted by molar-refractivity contribution is 6.28. The van der Waals surface area contributed by atoms with Crippen LogP contribution < -0.4 is 9.80 Å². The van der Waals surface area contributed by atoms with Gasteiger partial charge in [-0.1, -0.05) is 0 Å². The van der Waals surface area contributed by atoms with Crippen molar-refractivity contribution >= 4 is 23.5 Å². The van der Waals surface area contributed by atoms with Crippen LogP contribution >= 0.6 is 11.6 Å². The second kappa shape index (κ2) is 6.34. The van der Waals surface area contributed by atoms with E-state index in [1.54, 1.807) is 0 Å². The Morgan fingerprint density at radius 3 is 2.84 bits per heavy atom. The minimum Gasteiger partial charge on any atom is -0.396 e. The normalized spacial score (nSPS) is 19.6. The van der Waals surface area contributed by atoms with Gasteiger partial charge >= 0.3 is 0 Å². The van der Waals surface area contributed by atoms with Crippen molar-refractivity contribution in [3.05, 3.63) is 5.28 Å². The molecular formula is C12H20ClN5O. The zero-order valence-corrected chi connectivity index (χ0v) is 12.1. The van der Waals surface area contributed by atoms with Gasteiger partial charge in [-0.25, -0.2) is 0 Å². The lowest BCUT2D eigenvalue weighted by Gasteiger charge is -2.32. The smallest absolute Gasteiger partial charge is 0.231 e. The Morgan fingerprint density at radius 2 is 2.16 bits per heavy atom. The molecule has 6 nitrogen and oxygen atoms in total. The number of aromatic nitrogens is 3. The SMILES string of the molecule is CN(C)c1nc(Cl)nc(N2CCCC(CCO)C2)n1. The number of hydrogen-bond acceptors (Lipinski definition) is 6. The Balaban J connectivity index is 2.16. The summed E-state index contributed by atoms with van der Waals surface area (Å²) in [5.41, 5.74) is 0. The quantitative estimate of drug-likeness (QED) is 0.896. The predicted molar refractivity (Wildman–Crippen MR) is 75.8 cm³/mol. The molecule has 1 aromatic rings. The molecule has 1 unspecified atom stereocenters. The molecular weight excluding hydrogens is 266 g/mol. The first-order valence-corrected chi connectivity index (χ1v) is 6.92. The highest BCUT2D eigenvalue weighted by Gasteiger charge is 2.22. The van der Waals surface area contributed by atoms with Crippen molar-refractivity contribution in [1.82, 2.24) is 15.0 Å². The van der Waals surface area contributed by atoms with Gasteiger partial charge in [0.1, 0.15) is 0 Å². The van der Waals surface area contributed by atoms with Crippen LogP contribution in [-0.4, -0.2) is 53.9 Å². The second-order valence-corrected chi connectivity index (χ2v) is 5.40. The lowest BCUT2D eigenvalue weighted by Crippen LogP contribution is -2.37. The van der Waals surface area contributed by atoms with Gasteiger partial charge in [0, 0.05) is 33.8 Å². The van der Waals surface area contributed by atoms with Crippen molar-refractivity contribution < 1.29 is 5.11 Å². The van der Waals surface area contributed by atoms with E-state index in [4.69, 9.17) is 16.7 Å². The lowest BCUT2D eigenvalue weighted by molar-refractivity contribution is 0.244. The molecule has 1 fully saturated rings. The molecule has 1 aromatic heterocycles. The monoisotopic (exact) mass is 285 g/mol. The first-order chi connectivity index (χ1) is 9.10. The van der Waals surface area contributed by atoms with E-state index in [0.29, 0.717) is 17.8 Å². The van der Waals surface area contributed by atoms with Crippen LogP contribution in [-0.2, 0) is 0 Å². The van der Waals surface area contributed by atoms with Crippen LogP contribution in [0.1, 0.15) is 19.3 Å². The summed E-state index contributed by atoms with van der Waals surface area (Å²) in [6, 6.07) is 0. The van der Waals surface area contributed by atoms with Crippen molar-refractivity contribution in [3.63, 3.8) is 0 Å². The van der Waals surface area contributed by atoms with E-state index < -0.39 is 0 Å². The maximum Gasteiger partial charge on any atom is 0.231 e. The number of piperidine rings is 1. The summed E-state index contributed by atoms with van der Waals surface area (Å²) < 4.78 is 0. The van der Waals surface area contributed by atoms with E-state index in [1.807, 2.05) is 19.0 Å². The molecule has 1 aliphatic rings. The van der Waals surface area contributed by atoms with E-state index in [9.17, 15) is 0 Å².